The van der Waals surface area contributed by atoms with Crippen LogP contribution in [0.4, 0.5) is 5.69 Å². The molecule has 0 amide bonds. The Labute approximate surface area is 91.3 Å². The van der Waals surface area contributed by atoms with E-state index >= 15 is 0 Å². The molecule has 0 spiro atoms. The van der Waals surface area contributed by atoms with Crippen LogP contribution in [-0.4, -0.2) is 18.6 Å². The third-order valence-corrected chi connectivity index (χ3v) is 2.91. The molecule has 1 heterocycles. The van der Waals surface area contributed by atoms with E-state index in [9.17, 15) is 0 Å². The van der Waals surface area contributed by atoms with Gasteiger partial charge >= 0.3 is 0 Å². The summed E-state index contributed by atoms with van der Waals surface area (Å²) in [4.78, 5) is 6.63. The molecule has 0 radical (unpaired) electrons. The Bertz CT molecular complexity index is 314. The highest BCUT2D eigenvalue weighted by Gasteiger charge is 2.22. The quantitative estimate of drug-likeness (QED) is 0.817. The fourth-order valence-corrected chi connectivity index (χ4v) is 1.69. The SMILES string of the molecule is C[C@@H](N)c1ccc(N(C)CC2CC2)cn1. The highest BCUT2D eigenvalue weighted by atomic mass is 15.1. The van der Waals surface area contributed by atoms with Crippen LogP contribution in [0.2, 0.25) is 0 Å². The second-order valence-corrected chi connectivity index (χ2v) is 4.55. The normalized spacial score (nSPS) is 17.5. The molecule has 0 saturated heterocycles. The van der Waals surface area contributed by atoms with E-state index in [1.807, 2.05) is 19.2 Å². The van der Waals surface area contributed by atoms with Gasteiger partial charge in [0.25, 0.3) is 0 Å². The molecule has 0 unspecified atom stereocenters. The maximum Gasteiger partial charge on any atom is 0.0569 e. The highest BCUT2D eigenvalue weighted by Crippen LogP contribution is 2.30. The van der Waals surface area contributed by atoms with Gasteiger partial charge in [-0.3, -0.25) is 4.98 Å². The Morgan fingerprint density at radius 3 is 2.73 bits per heavy atom. The summed E-state index contributed by atoms with van der Waals surface area (Å²) in [5.41, 5.74) is 7.90. The Morgan fingerprint density at radius 1 is 1.53 bits per heavy atom. The van der Waals surface area contributed by atoms with Crippen LogP contribution in [0.25, 0.3) is 0 Å². The lowest BCUT2D eigenvalue weighted by Gasteiger charge is -2.19. The topological polar surface area (TPSA) is 42.1 Å². The Balaban J connectivity index is 2.01. The minimum absolute atomic E-state index is 0.0211. The number of hydrogen-bond donors (Lipinski definition) is 1. The first-order valence-corrected chi connectivity index (χ1v) is 5.59. The van der Waals surface area contributed by atoms with Crippen molar-refractivity contribution in [2.24, 2.45) is 11.7 Å². The van der Waals surface area contributed by atoms with Gasteiger partial charge < -0.3 is 10.6 Å². The molecule has 1 fully saturated rings. The van der Waals surface area contributed by atoms with Gasteiger partial charge in [-0.25, -0.2) is 0 Å². The number of hydrogen-bond acceptors (Lipinski definition) is 3. The maximum atomic E-state index is 5.75. The minimum atomic E-state index is 0.0211. The monoisotopic (exact) mass is 205 g/mol. The van der Waals surface area contributed by atoms with Gasteiger partial charge in [0, 0.05) is 19.6 Å². The average molecular weight is 205 g/mol. The van der Waals surface area contributed by atoms with Crippen molar-refractivity contribution in [1.29, 1.82) is 0 Å². The van der Waals surface area contributed by atoms with Gasteiger partial charge in [-0.2, -0.15) is 0 Å². The fraction of sp³-hybridized carbons (Fsp3) is 0.583. The van der Waals surface area contributed by atoms with Crippen LogP contribution in [0, 0.1) is 5.92 Å². The van der Waals surface area contributed by atoms with E-state index in [0.29, 0.717) is 0 Å². The van der Waals surface area contributed by atoms with E-state index in [1.54, 1.807) is 0 Å². The molecule has 0 aromatic carbocycles. The third-order valence-electron chi connectivity index (χ3n) is 2.91. The zero-order valence-electron chi connectivity index (χ0n) is 9.48. The molecular formula is C12H19N3. The Hall–Kier alpha value is -1.09. The van der Waals surface area contributed by atoms with Gasteiger partial charge in [-0.05, 0) is 37.8 Å². The van der Waals surface area contributed by atoms with Crippen LogP contribution in [0.5, 0.6) is 0 Å². The summed E-state index contributed by atoms with van der Waals surface area (Å²) in [5, 5.41) is 0. The molecule has 1 saturated carbocycles. The van der Waals surface area contributed by atoms with Crippen LogP contribution in [0.3, 0.4) is 0 Å². The Morgan fingerprint density at radius 2 is 2.27 bits per heavy atom. The van der Waals surface area contributed by atoms with Crippen LogP contribution in [0.1, 0.15) is 31.5 Å². The van der Waals surface area contributed by atoms with Crippen LogP contribution in [0.15, 0.2) is 18.3 Å². The largest absolute Gasteiger partial charge is 0.373 e. The first-order chi connectivity index (χ1) is 7.16. The van der Waals surface area contributed by atoms with E-state index in [1.165, 1.54) is 18.5 Å². The van der Waals surface area contributed by atoms with Crippen molar-refractivity contribution in [2.75, 3.05) is 18.5 Å². The predicted molar refractivity (Wildman–Crippen MR) is 62.8 cm³/mol. The van der Waals surface area contributed by atoms with Crippen LogP contribution < -0.4 is 10.6 Å². The minimum Gasteiger partial charge on any atom is -0.373 e. The van der Waals surface area contributed by atoms with Gasteiger partial charge in [0.05, 0.1) is 17.6 Å². The maximum absolute atomic E-state index is 5.75. The van der Waals surface area contributed by atoms with Gasteiger partial charge in [0.1, 0.15) is 0 Å². The summed E-state index contributed by atoms with van der Waals surface area (Å²) in [5.74, 6) is 0.906. The van der Waals surface area contributed by atoms with Gasteiger partial charge in [-0.1, -0.05) is 0 Å². The van der Waals surface area contributed by atoms with Crippen molar-refractivity contribution in [2.45, 2.75) is 25.8 Å². The molecule has 0 aliphatic heterocycles. The first kappa shape index (κ1) is 10.4. The molecule has 1 atom stereocenters. The summed E-state index contributed by atoms with van der Waals surface area (Å²) in [6.07, 6.45) is 4.69. The molecule has 2 N–H and O–H groups in total. The first-order valence-electron chi connectivity index (χ1n) is 5.59. The molecule has 1 aliphatic carbocycles. The smallest absolute Gasteiger partial charge is 0.0569 e. The van der Waals surface area contributed by atoms with Crippen LogP contribution >= 0.6 is 0 Å². The molecular weight excluding hydrogens is 186 g/mol. The molecule has 3 nitrogen and oxygen atoms in total. The second kappa shape index (κ2) is 4.19. The molecule has 3 heteroatoms. The zero-order chi connectivity index (χ0) is 10.8. The molecule has 1 aliphatic rings. The third kappa shape index (κ3) is 2.69. The standard InChI is InChI=1S/C12H19N3/c1-9(13)12-6-5-11(7-14-12)15(2)8-10-3-4-10/h5-7,9-10H,3-4,8,13H2,1-2H3/t9-/m1/s1. The Kier molecular flexibility index (Phi) is 2.91. The van der Waals surface area contributed by atoms with E-state index in [-0.39, 0.29) is 6.04 Å². The van der Waals surface area contributed by atoms with Gasteiger partial charge in [0.2, 0.25) is 0 Å². The fourth-order valence-electron chi connectivity index (χ4n) is 1.69. The number of nitrogens with two attached hydrogens (primary N) is 1. The lowest BCUT2D eigenvalue weighted by Crippen LogP contribution is -2.20. The summed E-state index contributed by atoms with van der Waals surface area (Å²) in [6.45, 7) is 3.11. The van der Waals surface area contributed by atoms with Gasteiger partial charge in [0.15, 0.2) is 0 Å². The number of pyridine rings is 1. The lowest BCUT2D eigenvalue weighted by molar-refractivity contribution is 0.767. The van der Waals surface area contributed by atoms with Crippen molar-refractivity contribution in [3.05, 3.63) is 24.0 Å². The number of anilines is 1. The molecule has 82 valence electrons. The lowest BCUT2D eigenvalue weighted by atomic mass is 10.2. The number of nitrogens with zero attached hydrogens (tertiary/aromatic N) is 2. The van der Waals surface area contributed by atoms with Crippen molar-refractivity contribution in [3.8, 4) is 0 Å². The number of rotatable bonds is 4. The van der Waals surface area contributed by atoms with E-state index in [0.717, 1.165) is 18.2 Å². The predicted octanol–water partition coefficient (Wildman–Crippen LogP) is 1.95. The number of aromatic nitrogens is 1. The average Bonchev–Trinajstić information content (AvgIpc) is 3.02. The van der Waals surface area contributed by atoms with Crippen molar-refractivity contribution >= 4 is 5.69 Å². The van der Waals surface area contributed by atoms with Crippen molar-refractivity contribution in [3.63, 3.8) is 0 Å². The highest BCUT2D eigenvalue weighted by molar-refractivity contribution is 5.44. The van der Waals surface area contributed by atoms with Gasteiger partial charge in [-0.15, -0.1) is 0 Å². The summed E-state index contributed by atoms with van der Waals surface area (Å²) >= 11 is 0. The molecule has 2 rings (SSSR count). The van der Waals surface area contributed by atoms with E-state index < -0.39 is 0 Å². The summed E-state index contributed by atoms with van der Waals surface area (Å²) in [7, 11) is 2.13. The molecule has 15 heavy (non-hydrogen) atoms. The summed E-state index contributed by atoms with van der Waals surface area (Å²) < 4.78 is 0. The molecule has 1 aromatic heterocycles. The molecule has 1 aromatic rings. The van der Waals surface area contributed by atoms with E-state index in [2.05, 4.69) is 23.0 Å². The summed E-state index contributed by atoms with van der Waals surface area (Å²) in [6, 6.07) is 4.14. The van der Waals surface area contributed by atoms with Crippen LogP contribution in [-0.2, 0) is 0 Å². The van der Waals surface area contributed by atoms with Crippen molar-refractivity contribution < 1.29 is 0 Å². The molecule has 0 bridgehead atoms. The zero-order valence-corrected chi connectivity index (χ0v) is 9.48. The second-order valence-electron chi connectivity index (χ2n) is 4.55. The van der Waals surface area contributed by atoms with E-state index in [4.69, 9.17) is 5.73 Å². The van der Waals surface area contributed by atoms with Crippen molar-refractivity contribution in [1.82, 2.24) is 4.98 Å².